The van der Waals surface area contributed by atoms with Crippen LogP contribution in [0.4, 0.5) is 17.1 Å². The van der Waals surface area contributed by atoms with Gasteiger partial charge in [0.2, 0.25) is 11.8 Å². The Kier molecular flexibility index (Phi) is 3.27. The molecular formula is C19H15N5O3. The quantitative estimate of drug-likeness (QED) is 0.619. The van der Waals surface area contributed by atoms with Gasteiger partial charge in [-0.05, 0) is 24.6 Å². The largest absolute Gasteiger partial charge is 0.352 e. The minimum Gasteiger partial charge on any atom is -0.352 e. The molecule has 134 valence electrons. The van der Waals surface area contributed by atoms with Crippen molar-refractivity contribution in [2.75, 3.05) is 10.2 Å². The molecule has 2 aliphatic rings. The van der Waals surface area contributed by atoms with Crippen molar-refractivity contribution in [2.24, 2.45) is 0 Å². The molecule has 1 aromatic heterocycles. The van der Waals surface area contributed by atoms with Crippen molar-refractivity contribution in [3.8, 4) is 0 Å². The maximum Gasteiger partial charge on any atom is 0.259 e. The highest BCUT2D eigenvalue weighted by Gasteiger charge is 2.40. The normalized spacial score (nSPS) is 18.9. The van der Waals surface area contributed by atoms with Crippen molar-refractivity contribution >= 4 is 45.6 Å². The number of carbonyl (C=O) groups excluding carboxylic acids is 3. The third-order valence-corrected chi connectivity index (χ3v) is 5.03. The first-order valence-electron chi connectivity index (χ1n) is 8.62. The first-order chi connectivity index (χ1) is 13.1. The van der Waals surface area contributed by atoms with E-state index in [1.54, 1.807) is 18.5 Å². The molecule has 3 aromatic rings. The number of imide groups is 1. The van der Waals surface area contributed by atoms with Crippen LogP contribution in [-0.4, -0.2) is 34.0 Å². The van der Waals surface area contributed by atoms with Crippen molar-refractivity contribution in [3.63, 3.8) is 0 Å². The van der Waals surface area contributed by atoms with Crippen LogP contribution in [0.1, 0.15) is 23.2 Å². The van der Waals surface area contributed by atoms with E-state index in [0.29, 0.717) is 17.7 Å². The van der Waals surface area contributed by atoms with Crippen LogP contribution in [0.15, 0.2) is 42.7 Å². The number of hydrogen-bond donors (Lipinski definition) is 3. The fourth-order valence-electron chi connectivity index (χ4n) is 3.83. The topological polar surface area (TPSA) is 107 Å². The van der Waals surface area contributed by atoms with E-state index in [1.807, 2.05) is 24.3 Å². The van der Waals surface area contributed by atoms with E-state index in [9.17, 15) is 14.4 Å². The lowest BCUT2D eigenvalue weighted by atomic mass is 10.0. The first kappa shape index (κ1) is 15.6. The molecule has 0 aliphatic carbocycles. The molecular weight excluding hydrogens is 346 g/mol. The van der Waals surface area contributed by atoms with Crippen LogP contribution in [0, 0.1) is 0 Å². The van der Waals surface area contributed by atoms with Crippen LogP contribution in [0.3, 0.4) is 0 Å². The molecule has 5 rings (SSSR count). The summed E-state index contributed by atoms with van der Waals surface area (Å²) in [6.07, 6.45) is 3.95. The van der Waals surface area contributed by atoms with Gasteiger partial charge in [0.25, 0.3) is 5.91 Å². The fourth-order valence-corrected chi connectivity index (χ4v) is 3.83. The molecule has 0 radical (unpaired) electrons. The Morgan fingerprint density at radius 1 is 1.15 bits per heavy atom. The number of amides is 3. The molecule has 1 atom stereocenters. The number of carbonyl (C=O) groups is 3. The maximum absolute atomic E-state index is 13.1. The molecule has 1 fully saturated rings. The van der Waals surface area contributed by atoms with Gasteiger partial charge >= 0.3 is 0 Å². The van der Waals surface area contributed by atoms with E-state index in [4.69, 9.17) is 0 Å². The van der Waals surface area contributed by atoms with Gasteiger partial charge in [-0.2, -0.15) is 5.10 Å². The zero-order valence-electron chi connectivity index (χ0n) is 14.2. The molecule has 27 heavy (non-hydrogen) atoms. The van der Waals surface area contributed by atoms with Gasteiger partial charge in [0.05, 0.1) is 17.6 Å². The highest BCUT2D eigenvalue weighted by Crippen LogP contribution is 2.42. The molecule has 8 heteroatoms. The summed E-state index contributed by atoms with van der Waals surface area (Å²) in [4.78, 5) is 38.4. The second-order valence-electron chi connectivity index (χ2n) is 6.61. The van der Waals surface area contributed by atoms with E-state index in [0.717, 1.165) is 22.1 Å². The van der Waals surface area contributed by atoms with Crippen LogP contribution in [0.5, 0.6) is 0 Å². The Balaban J connectivity index is 1.62. The minimum absolute atomic E-state index is 0.217. The summed E-state index contributed by atoms with van der Waals surface area (Å²) in [5, 5.41) is 14.0. The standard InChI is InChI=1S/C19H15N5O3/c25-16-7-6-15(18(26)23-16)24-14-5-4-13(22-10-8-20-21-9-10)11-2-1-3-12(17(11)14)19(24)27/h1-5,8-9,15,22H,6-7H2,(H,20,21)(H,23,25,26). The predicted octanol–water partition coefficient (Wildman–Crippen LogP) is 2.07. The number of anilines is 3. The molecule has 1 unspecified atom stereocenters. The molecule has 3 amide bonds. The molecule has 2 aromatic carbocycles. The van der Waals surface area contributed by atoms with Crippen molar-refractivity contribution < 1.29 is 14.4 Å². The SMILES string of the molecule is O=C1CCC(N2C(=O)c3cccc4c(Nc5cn[nH]c5)ccc2c34)C(=O)N1. The highest BCUT2D eigenvalue weighted by molar-refractivity contribution is 6.28. The number of aromatic amines is 1. The Morgan fingerprint density at radius 2 is 2.04 bits per heavy atom. The number of rotatable bonds is 3. The van der Waals surface area contributed by atoms with Crippen molar-refractivity contribution in [2.45, 2.75) is 18.9 Å². The van der Waals surface area contributed by atoms with Crippen LogP contribution in [0.2, 0.25) is 0 Å². The average Bonchev–Trinajstić information content (AvgIpc) is 3.26. The summed E-state index contributed by atoms with van der Waals surface area (Å²) < 4.78 is 0. The first-order valence-corrected chi connectivity index (χ1v) is 8.62. The van der Waals surface area contributed by atoms with Gasteiger partial charge < -0.3 is 5.32 Å². The van der Waals surface area contributed by atoms with E-state index in [1.165, 1.54) is 4.90 Å². The lowest BCUT2D eigenvalue weighted by Crippen LogP contribution is -2.53. The van der Waals surface area contributed by atoms with Gasteiger partial charge in [-0.15, -0.1) is 0 Å². The van der Waals surface area contributed by atoms with Crippen LogP contribution < -0.4 is 15.5 Å². The zero-order chi connectivity index (χ0) is 18.5. The summed E-state index contributed by atoms with van der Waals surface area (Å²) in [5.41, 5.74) is 2.90. The number of H-pyrrole nitrogens is 1. The van der Waals surface area contributed by atoms with Gasteiger partial charge in [0, 0.05) is 34.6 Å². The Hall–Kier alpha value is -3.68. The Labute approximate surface area is 153 Å². The molecule has 0 bridgehead atoms. The lowest BCUT2D eigenvalue weighted by molar-refractivity contribution is -0.134. The number of aromatic nitrogens is 2. The minimum atomic E-state index is -0.682. The third kappa shape index (κ3) is 2.30. The van der Waals surface area contributed by atoms with Crippen LogP contribution in [-0.2, 0) is 9.59 Å². The molecule has 1 saturated heterocycles. The smallest absolute Gasteiger partial charge is 0.259 e. The van der Waals surface area contributed by atoms with Gasteiger partial charge in [-0.3, -0.25) is 29.7 Å². The molecule has 2 aliphatic heterocycles. The summed E-state index contributed by atoms with van der Waals surface area (Å²) in [5.74, 6) is -0.947. The van der Waals surface area contributed by atoms with Gasteiger partial charge in [0.1, 0.15) is 6.04 Å². The maximum atomic E-state index is 13.1. The number of benzene rings is 2. The highest BCUT2D eigenvalue weighted by atomic mass is 16.2. The summed E-state index contributed by atoms with van der Waals surface area (Å²) >= 11 is 0. The van der Waals surface area contributed by atoms with Crippen molar-refractivity contribution in [3.05, 3.63) is 48.3 Å². The average molecular weight is 361 g/mol. The van der Waals surface area contributed by atoms with E-state index >= 15 is 0 Å². The third-order valence-electron chi connectivity index (χ3n) is 5.03. The van der Waals surface area contributed by atoms with Gasteiger partial charge in [0.15, 0.2) is 0 Å². The van der Waals surface area contributed by atoms with E-state index < -0.39 is 11.9 Å². The summed E-state index contributed by atoms with van der Waals surface area (Å²) in [6, 6.07) is 8.56. The number of nitrogens with zero attached hydrogens (tertiary/aromatic N) is 2. The van der Waals surface area contributed by atoms with Gasteiger partial charge in [-0.1, -0.05) is 12.1 Å². The van der Waals surface area contributed by atoms with Crippen molar-refractivity contribution in [1.29, 1.82) is 0 Å². The Bertz CT molecular complexity index is 1110. The predicted molar refractivity (Wildman–Crippen MR) is 98.8 cm³/mol. The number of nitrogens with one attached hydrogen (secondary N) is 3. The van der Waals surface area contributed by atoms with Crippen LogP contribution in [0.25, 0.3) is 10.8 Å². The second-order valence-corrected chi connectivity index (χ2v) is 6.61. The summed E-state index contributed by atoms with van der Waals surface area (Å²) in [6.45, 7) is 0. The number of hydrogen-bond acceptors (Lipinski definition) is 5. The molecule has 0 spiro atoms. The molecule has 8 nitrogen and oxygen atoms in total. The van der Waals surface area contributed by atoms with E-state index in [-0.39, 0.29) is 18.2 Å². The second kappa shape index (κ2) is 5.66. The molecule has 3 N–H and O–H groups in total. The fraction of sp³-hybridized carbons (Fsp3) is 0.158. The molecule has 0 saturated carbocycles. The van der Waals surface area contributed by atoms with Crippen molar-refractivity contribution in [1.82, 2.24) is 15.5 Å². The zero-order valence-corrected chi connectivity index (χ0v) is 14.2. The van der Waals surface area contributed by atoms with Crippen LogP contribution >= 0.6 is 0 Å². The monoisotopic (exact) mass is 361 g/mol. The Morgan fingerprint density at radius 3 is 2.81 bits per heavy atom. The van der Waals surface area contributed by atoms with E-state index in [2.05, 4.69) is 20.8 Å². The number of piperidine rings is 1. The lowest BCUT2D eigenvalue weighted by Gasteiger charge is -2.30. The molecule has 3 heterocycles. The van der Waals surface area contributed by atoms with Gasteiger partial charge in [-0.25, -0.2) is 0 Å². The summed E-state index contributed by atoms with van der Waals surface area (Å²) in [7, 11) is 0.